The van der Waals surface area contributed by atoms with Gasteiger partial charge in [0.25, 0.3) is 0 Å². The highest BCUT2D eigenvalue weighted by molar-refractivity contribution is 7.90. The van der Waals surface area contributed by atoms with E-state index in [9.17, 15) is 13.2 Å². The molecule has 0 amide bonds. The van der Waals surface area contributed by atoms with Crippen LogP contribution in [0.15, 0.2) is 12.7 Å². The minimum Gasteiger partial charge on any atom is -0.289 e. The summed E-state index contributed by atoms with van der Waals surface area (Å²) in [5.41, 5.74) is 0. The Hall–Kier alpha value is -0.680. The molecule has 0 heterocycles. The lowest BCUT2D eigenvalue weighted by Crippen LogP contribution is -2.27. The second-order valence-corrected chi connectivity index (χ2v) is 3.05. The van der Waals surface area contributed by atoms with Gasteiger partial charge < -0.3 is 0 Å². The summed E-state index contributed by atoms with van der Waals surface area (Å²) in [5.74, 6) is 0. The predicted octanol–water partition coefficient (Wildman–Crippen LogP) is -1.06. The van der Waals surface area contributed by atoms with Crippen LogP contribution in [0.2, 0.25) is 0 Å². The summed E-state index contributed by atoms with van der Waals surface area (Å²) in [6.45, 7) is 3.08. The third kappa shape index (κ3) is 2.39. The molecule has 1 unspecified atom stereocenters. The first-order valence-electron chi connectivity index (χ1n) is 2.04. The summed E-state index contributed by atoms with van der Waals surface area (Å²) >= 11 is 0. The maximum Gasteiger partial charge on any atom is 0.223 e. The molecule has 0 aromatic heterocycles. The van der Waals surface area contributed by atoms with E-state index in [0.29, 0.717) is 0 Å². The molecule has 0 aromatic rings. The highest BCUT2D eigenvalue weighted by Crippen LogP contribution is 1.90. The molecule has 0 spiro atoms. The zero-order valence-electron chi connectivity index (χ0n) is 4.57. The van der Waals surface area contributed by atoms with E-state index in [4.69, 9.17) is 0 Å². The van der Waals surface area contributed by atoms with Crippen molar-refractivity contribution in [2.75, 3.05) is 0 Å². The van der Waals surface area contributed by atoms with Crippen LogP contribution in [0.25, 0.3) is 0 Å². The number of carbonyl (C=O) groups excluding carboxylic acids is 1. The first-order chi connectivity index (χ1) is 4.02. The summed E-state index contributed by atoms with van der Waals surface area (Å²) in [5, 5.41) is 3.15. The second kappa shape index (κ2) is 2.75. The lowest BCUT2D eigenvalue weighted by molar-refractivity contribution is 0.551. The second-order valence-electron chi connectivity index (χ2n) is 1.36. The van der Waals surface area contributed by atoms with Crippen molar-refractivity contribution in [3.05, 3.63) is 12.7 Å². The molecule has 0 aliphatic rings. The van der Waals surface area contributed by atoms with Gasteiger partial charge in [-0.2, -0.15) is 0 Å². The van der Waals surface area contributed by atoms with E-state index in [1.807, 2.05) is 0 Å². The van der Waals surface area contributed by atoms with Crippen LogP contribution in [0.5, 0.6) is 0 Å². The summed E-state index contributed by atoms with van der Waals surface area (Å²) in [7, 11) is -3.81. The van der Waals surface area contributed by atoms with Crippen molar-refractivity contribution in [2.24, 2.45) is 5.14 Å². The minimum atomic E-state index is -3.81. The van der Waals surface area contributed by atoms with Gasteiger partial charge in [0.05, 0.1) is 0 Å². The fourth-order valence-corrected chi connectivity index (χ4v) is 0.652. The van der Waals surface area contributed by atoms with Gasteiger partial charge in [0.15, 0.2) is 5.25 Å². The van der Waals surface area contributed by atoms with Crippen molar-refractivity contribution in [1.29, 1.82) is 0 Å². The molecule has 0 aromatic carbocycles. The minimum absolute atomic E-state index is 0.919. The molecule has 1 atom stereocenters. The Labute approximate surface area is 53.4 Å². The number of rotatable bonds is 3. The van der Waals surface area contributed by atoms with Crippen molar-refractivity contribution >= 4 is 16.3 Å². The van der Waals surface area contributed by atoms with Crippen molar-refractivity contribution in [3.63, 3.8) is 0 Å². The van der Waals surface area contributed by atoms with E-state index in [0.717, 1.165) is 6.08 Å². The number of nitrogens with two attached hydrogens (primary N) is 1. The molecular formula is C4H6NO3S. The molecule has 2 N–H and O–H groups in total. The average Bonchev–Trinajstić information content (AvgIpc) is 1.65. The first-order valence-corrected chi connectivity index (χ1v) is 3.65. The monoisotopic (exact) mass is 148 g/mol. The Morgan fingerprint density at radius 1 is 1.67 bits per heavy atom. The Kier molecular flexibility index (Phi) is 2.54. The van der Waals surface area contributed by atoms with E-state index in [1.54, 1.807) is 0 Å². The quantitative estimate of drug-likeness (QED) is 0.518. The van der Waals surface area contributed by atoms with Crippen LogP contribution in [-0.4, -0.2) is 20.0 Å². The maximum atomic E-state index is 10.2. The Bertz CT molecular complexity index is 198. The molecule has 0 saturated carbocycles. The molecule has 9 heavy (non-hydrogen) atoms. The van der Waals surface area contributed by atoms with Crippen molar-refractivity contribution < 1.29 is 13.2 Å². The Morgan fingerprint density at radius 2 is 2.11 bits per heavy atom. The Morgan fingerprint density at radius 3 is 2.11 bits per heavy atom. The third-order valence-corrected chi connectivity index (χ3v) is 1.68. The standard InChI is InChI=1S/C4H6NO3S/c1-2-4(3-6)9(5,7)8/h2,4H,1H2,(H2,5,7,8). The molecule has 0 saturated heterocycles. The van der Waals surface area contributed by atoms with Gasteiger partial charge in [-0.25, -0.2) is 13.6 Å². The molecule has 0 aliphatic carbocycles. The molecule has 0 rings (SSSR count). The zero-order chi connectivity index (χ0) is 7.49. The molecule has 0 bridgehead atoms. The third-order valence-electron chi connectivity index (χ3n) is 0.684. The van der Waals surface area contributed by atoms with E-state index in [1.165, 1.54) is 6.29 Å². The van der Waals surface area contributed by atoms with Gasteiger partial charge >= 0.3 is 0 Å². The molecule has 0 aliphatic heterocycles. The van der Waals surface area contributed by atoms with Crippen LogP contribution in [0, 0.1) is 0 Å². The normalized spacial score (nSPS) is 14.3. The van der Waals surface area contributed by atoms with Gasteiger partial charge in [-0.05, 0) is 0 Å². The van der Waals surface area contributed by atoms with Crippen molar-refractivity contribution in [3.8, 4) is 0 Å². The maximum absolute atomic E-state index is 10.2. The van der Waals surface area contributed by atoms with Gasteiger partial charge in [-0.1, -0.05) is 6.08 Å². The lowest BCUT2D eigenvalue weighted by Gasteiger charge is -1.96. The topological polar surface area (TPSA) is 77.2 Å². The van der Waals surface area contributed by atoms with Gasteiger partial charge in [0.1, 0.15) is 0 Å². The van der Waals surface area contributed by atoms with Crippen LogP contribution in [0.4, 0.5) is 0 Å². The van der Waals surface area contributed by atoms with Gasteiger partial charge in [-0.3, -0.25) is 4.79 Å². The van der Waals surface area contributed by atoms with Crippen LogP contribution < -0.4 is 5.14 Å². The predicted molar refractivity (Wildman–Crippen MR) is 32.8 cm³/mol. The largest absolute Gasteiger partial charge is 0.289 e. The van der Waals surface area contributed by atoms with E-state index < -0.39 is 15.3 Å². The van der Waals surface area contributed by atoms with Crippen LogP contribution >= 0.6 is 0 Å². The summed E-state index contributed by atoms with van der Waals surface area (Å²) in [6.07, 6.45) is 2.13. The van der Waals surface area contributed by atoms with E-state index in [-0.39, 0.29) is 0 Å². The SMILES string of the molecule is C=CC([C]=O)S(N)(=O)=O. The molecule has 51 valence electrons. The van der Waals surface area contributed by atoms with Crippen LogP contribution in [0.1, 0.15) is 0 Å². The number of primary sulfonamides is 1. The highest BCUT2D eigenvalue weighted by atomic mass is 32.2. The van der Waals surface area contributed by atoms with Crippen molar-refractivity contribution in [2.45, 2.75) is 5.25 Å². The fourth-order valence-electron chi connectivity index (χ4n) is 0.249. The molecule has 1 radical (unpaired) electrons. The summed E-state index contributed by atoms with van der Waals surface area (Å²) < 4.78 is 20.5. The fraction of sp³-hybridized carbons (Fsp3) is 0.250. The van der Waals surface area contributed by atoms with E-state index >= 15 is 0 Å². The Balaban J connectivity index is 4.51. The molecule has 4 nitrogen and oxygen atoms in total. The smallest absolute Gasteiger partial charge is 0.223 e. The number of hydrogen-bond donors (Lipinski definition) is 1. The van der Waals surface area contributed by atoms with Crippen LogP contribution in [-0.2, 0) is 14.8 Å². The lowest BCUT2D eigenvalue weighted by atomic mass is 10.5. The van der Waals surface area contributed by atoms with E-state index in [2.05, 4.69) is 11.7 Å². The number of hydrogen-bond acceptors (Lipinski definition) is 3. The summed E-state index contributed by atoms with van der Waals surface area (Å²) in [6, 6.07) is 0. The molecule has 5 heteroatoms. The van der Waals surface area contributed by atoms with Crippen LogP contribution in [0.3, 0.4) is 0 Å². The molecular weight excluding hydrogens is 142 g/mol. The van der Waals surface area contributed by atoms with Gasteiger partial charge in [-0.15, -0.1) is 6.58 Å². The highest BCUT2D eigenvalue weighted by Gasteiger charge is 2.16. The first kappa shape index (κ1) is 8.32. The van der Waals surface area contributed by atoms with Gasteiger partial charge in [0.2, 0.25) is 16.3 Å². The van der Waals surface area contributed by atoms with Crippen molar-refractivity contribution in [1.82, 2.24) is 0 Å². The number of sulfonamides is 1. The summed E-state index contributed by atoms with van der Waals surface area (Å²) in [4.78, 5) is 9.73. The molecule has 0 fully saturated rings. The zero-order valence-corrected chi connectivity index (χ0v) is 5.39. The average molecular weight is 148 g/mol. The van der Waals surface area contributed by atoms with Gasteiger partial charge in [0, 0.05) is 0 Å².